The summed E-state index contributed by atoms with van der Waals surface area (Å²) in [5, 5.41) is 2.67. The maximum Gasteiger partial charge on any atom is 0.328 e. The number of hydrogen-bond donors (Lipinski definition) is 3. The van der Waals surface area contributed by atoms with E-state index < -0.39 is 23.9 Å². The van der Waals surface area contributed by atoms with Gasteiger partial charge in [0, 0.05) is 24.7 Å². The molecule has 0 aliphatic rings. The molecule has 0 radical (unpaired) electrons. The number of aromatic amines is 1. The first-order chi connectivity index (χ1) is 18.3. The van der Waals surface area contributed by atoms with Gasteiger partial charge in [-0.25, -0.2) is 9.78 Å². The molecule has 0 aliphatic carbocycles. The topological polar surface area (TPSA) is 158 Å². The number of rotatable bonds is 14. The normalized spacial score (nSPS) is 11.7. The van der Waals surface area contributed by atoms with Crippen molar-refractivity contribution in [1.29, 1.82) is 0 Å². The van der Waals surface area contributed by atoms with Crippen LogP contribution >= 0.6 is 0 Å². The lowest BCUT2D eigenvalue weighted by Gasteiger charge is -2.17. The van der Waals surface area contributed by atoms with Crippen molar-refractivity contribution < 1.29 is 23.9 Å². The zero-order chi connectivity index (χ0) is 27.5. The summed E-state index contributed by atoms with van der Waals surface area (Å²) in [4.78, 5) is 55.5. The maximum absolute atomic E-state index is 12.7. The summed E-state index contributed by atoms with van der Waals surface area (Å²) < 4.78 is 11.8. The summed E-state index contributed by atoms with van der Waals surface area (Å²) in [6.45, 7) is 4.51. The molecule has 11 heteroatoms. The summed E-state index contributed by atoms with van der Waals surface area (Å²) in [6.07, 6.45) is 5.60. The van der Waals surface area contributed by atoms with E-state index in [9.17, 15) is 19.2 Å². The van der Waals surface area contributed by atoms with Crippen LogP contribution in [0.1, 0.15) is 61.9 Å². The van der Waals surface area contributed by atoms with Gasteiger partial charge in [0.1, 0.15) is 11.6 Å². The van der Waals surface area contributed by atoms with Crippen LogP contribution in [-0.4, -0.2) is 51.6 Å². The van der Waals surface area contributed by atoms with Crippen LogP contribution in [0, 0.1) is 0 Å². The van der Waals surface area contributed by atoms with Crippen LogP contribution in [0.5, 0.6) is 0 Å². The molecule has 4 N–H and O–H groups in total. The number of anilines is 1. The predicted octanol–water partition coefficient (Wildman–Crippen LogP) is 2.72. The van der Waals surface area contributed by atoms with Crippen molar-refractivity contribution in [3.63, 3.8) is 0 Å². The van der Waals surface area contributed by atoms with Gasteiger partial charge in [-0.1, -0.05) is 18.6 Å². The third-order valence-electron chi connectivity index (χ3n) is 6.04. The average molecular weight is 526 g/mol. The zero-order valence-electron chi connectivity index (χ0n) is 21.8. The van der Waals surface area contributed by atoms with E-state index in [4.69, 9.17) is 15.2 Å². The fraction of sp³-hybridized carbons (Fsp3) is 0.444. The highest BCUT2D eigenvalue weighted by Gasteiger charge is 2.24. The zero-order valence-corrected chi connectivity index (χ0v) is 21.8. The van der Waals surface area contributed by atoms with Crippen molar-refractivity contribution >= 4 is 34.8 Å². The number of nitrogens with two attached hydrogens (primary N) is 1. The number of hydrogen-bond acceptors (Lipinski definition) is 8. The summed E-state index contributed by atoms with van der Waals surface area (Å²) in [6, 6.07) is 8.06. The number of benzene rings is 1. The minimum Gasteiger partial charge on any atom is -0.466 e. The molecule has 0 aliphatic heterocycles. The molecule has 11 nitrogen and oxygen atoms in total. The van der Waals surface area contributed by atoms with E-state index in [0.29, 0.717) is 23.1 Å². The molecule has 0 fully saturated rings. The first-order valence-corrected chi connectivity index (χ1v) is 12.9. The number of carbonyl (C=O) groups is 3. The van der Waals surface area contributed by atoms with E-state index >= 15 is 0 Å². The van der Waals surface area contributed by atoms with Crippen molar-refractivity contribution in [2.45, 2.75) is 65.0 Å². The van der Waals surface area contributed by atoms with E-state index in [1.165, 1.54) is 0 Å². The van der Waals surface area contributed by atoms with Crippen LogP contribution in [0.2, 0.25) is 0 Å². The van der Waals surface area contributed by atoms with Gasteiger partial charge < -0.3 is 25.1 Å². The number of aromatic nitrogens is 3. The Morgan fingerprint density at radius 1 is 1.05 bits per heavy atom. The lowest BCUT2D eigenvalue weighted by atomic mass is 10.0. The van der Waals surface area contributed by atoms with Gasteiger partial charge in [-0.05, 0) is 63.3 Å². The van der Waals surface area contributed by atoms with Crippen molar-refractivity contribution in [2.24, 2.45) is 0 Å². The number of carbonyl (C=O) groups excluding carboxylic acids is 3. The first-order valence-electron chi connectivity index (χ1n) is 12.9. The fourth-order valence-corrected chi connectivity index (χ4v) is 4.16. The number of aryl methyl sites for hydroxylation is 2. The first kappa shape index (κ1) is 28.4. The molecular formula is C27H35N5O6. The molecule has 204 valence electrons. The third kappa shape index (κ3) is 7.92. The molecule has 0 unspecified atom stereocenters. The predicted molar refractivity (Wildman–Crippen MR) is 143 cm³/mol. The van der Waals surface area contributed by atoms with Crippen LogP contribution in [-0.2, 0) is 32.0 Å². The van der Waals surface area contributed by atoms with Gasteiger partial charge in [0.15, 0.2) is 0 Å². The number of H-pyrrole nitrogens is 1. The SMILES string of the molecule is CCOC(=O)CC[C@H](NC(=O)c1ccc(CCCCCn2ccc3nc(N)[nH]c(=O)c32)cc1)C(=O)OCC. The quantitative estimate of drug-likeness (QED) is 0.214. The van der Waals surface area contributed by atoms with E-state index in [2.05, 4.69) is 15.3 Å². The molecule has 38 heavy (non-hydrogen) atoms. The third-order valence-corrected chi connectivity index (χ3v) is 6.04. The Kier molecular flexibility index (Phi) is 10.4. The van der Waals surface area contributed by atoms with Gasteiger partial charge in [0.25, 0.3) is 11.5 Å². The molecule has 1 aromatic carbocycles. The molecule has 0 saturated heterocycles. The summed E-state index contributed by atoms with van der Waals surface area (Å²) in [5.74, 6) is -1.32. The highest BCUT2D eigenvalue weighted by molar-refractivity contribution is 5.96. The number of nitrogens with zero attached hydrogens (tertiary/aromatic N) is 2. The van der Waals surface area contributed by atoms with E-state index in [-0.39, 0.29) is 37.6 Å². The number of ether oxygens (including phenoxy) is 2. The van der Waals surface area contributed by atoms with Crippen LogP contribution in [0.15, 0.2) is 41.3 Å². The van der Waals surface area contributed by atoms with Gasteiger partial charge in [0.05, 0.1) is 18.7 Å². The van der Waals surface area contributed by atoms with Crippen molar-refractivity contribution in [3.05, 3.63) is 58.0 Å². The van der Waals surface area contributed by atoms with Crippen LogP contribution in [0.4, 0.5) is 5.95 Å². The van der Waals surface area contributed by atoms with E-state index in [1.54, 1.807) is 32.0 Å². The largest absolute Gasteiger partial charge is 0.466 e. The lowest BCUT2D eigenvalue weighted by Crippen LogP contribution is -2.42. The summed E-state index contributed by atoms with van der Waals surface area (Å²) >= 11 is 0. The van der Waals surface area contributed by atoms with Gasteiger partial charge in [-0.15, -0.1) is 0 Å². The van der Waals surface area contributed by atoms with E-state index in [1.807, 2.05) is 22.9 Å². The maximum atomic E-state index is 12.7. The molecule has 1 atom stereocenters. The Balaban J connectivity index is 1.46. The monoisotopic (exact) mass is 525 g/mol. The van der Waals surface area contributed by atoms with Gasteiger partial charge in [-0.2, -0.15) is 0 Å². The molecule has 0 saturated carbocycles. The molecule has 2 heterocycles. The second-order valence-electron chi connectivity index (χ2n) is 8.82. The molecule has 2 aromatic heterocycles. The number of nitrogens with one attached hydrogen (secondary N) is 2. The van der Waals surface area contributed by atoms with Crippen molar-refractivity contribution in [3.8, 4) is 0 Å². The minimum atomic E-state index is -0.937. The summed E-state index contributed by atoms with van der Waals surface area (Å²) in [5.41, 5.74) is 7.98. The van der Waals surface area contributed by atoms with Crippen LogP contribution < -0.4 is 16.6 Å². The lowest BCUT2D eigenvalue weighted by molar-refractivity contribution is -0.146. The Morgan fingerprint density at radius 2 is 1.79 bits per heavy atom. The Labute approximate surface area is 220 Å². The van der Waals surface area contributed by atoms with Crippen LogP contribution in [0.3, 0.4) is 0 Å². The number of amides is 1. The molecule has 0 bridgehead atoms. The van der Waals surface area contributed by atoms with Gasteiger partial charge >= 0.3 is 11.9 Å². The molecule has 0 spiro atoms. The molecular weight excluding hydrogens is 490 g/mol. The Hall–Kier alpha value is -4.15. The smallest absolute Gasteiger partial charge is 0.328 e. The molecule has 1 amide bonds. The highest BCUT2D eigenvalue weighted by Crippen LogP contribution is 2.14. The standard InChI is InChI=1S/C27H35N5O6/c1-3-37-22(33)14-13-21(26(36)38-4-2)29-24(34)19-11-9-18(10-12-19)8-6-5-7-16-32-17-15-20-23(32)25(35)31-27(28)30-20/h9-12,15,17,21H,3-8,13-14,16H2,1-2H3,(H,29,34)(H3,28,30,31,35)/t21-/m0/s1. The fourth-order valence-electron chi connectivity index (χ4n) is 4.16. The molecule has 3 rings (SSSR count). The van der Waals surface area contributed by atoms with E-state index in [0.717, 1.165) is 31.2 Å². The molecule has 3 aromatic rings. The summed E-state index contributed by atoms with van der Waals surface area (Å²) in [7, 11) is 0. The second kappa shape index (κ2) is 14.0. The van der Waals surface area contributed by atoms with Crippen molar-refractivity contribution in [2.75, 3.05) is 18.9 Å². The van der Waals surface area contributed by atoms with Gasteiger partial charge in [-0.3, -0.25) is 19.4 Å². The van der Waals surface area contributed by atoms with Crippen LogP contribution in [0.25, 0.3) is 11.0 Å². The minimum absolute atomic E-state index is 0.000880. The van der Waals surface area contributed by atoms with Gasteiger partial charge in [0.2, 0.25) is 5.95 Å². The second-order valence-corrected chi connectivity index (χ2v) is 8.82. The Bertz CT molecular complexity index is 1300. The average Bonchev–Trinajstić information content (AvgIpc) is 3.29. The number of unbranched alkanes of at least 4 members (excludes halogenated alkanes) is 2. The number of nitrogen functional groups attached to an aromatic ring is 1. The number of fused-ring (bicyclic) bond motifs is 1. The number of esters is 2. The highest BCUT2D eigenvalue weighted by atomic mass is 16.5. The van der Waals surface area contributed by atoms with Crippen molar-refractivity contribution in [1.82, 2.24) is 19.9 Å². The Morgan fingerprint density at radius 3 is 2.50 bits per heavy atom.